The normalized spacial score (nSPS) is 10.8. The number of carbonyl (C=O) groups is 1. The SMILES string of the molecule is Cc1ccc(-c2cc(NC(=O)CCl)n(-c3nc(-c4cccc(O)c4)cs3)n2)cc1. The van der Waals surface area contributed by atoms with Gasteiger partial charge in [0.25, 0.3) is 0 Å². The number of halogens is 1. The average Bonchev–Trinajstić information content (AvgIpc) is 3.36. The number of carbonyl (C=O) groups excluding carboxylic acids is 1. The van der Waals surface area contributed by atoms with Crippen LogP contribution in [-0.4, -0.2) is 31.7 Å². The Morgan fingerprint density at radius 2 is 1.93 bits per heavy atom. The molecule has 0 saturated carbocycles. The van der Waals surface area contributed by atoms with E-state index in [1.165, 1.54) is 11.3 Å². The molecule has 0 saturated heterocycles. The topological polar surface area (TPSA) is 80.0 Å². The van der Waals surface area contributed by atoms with E-state index in [1.807, 2.05) is 42.6 Å². The maximum Gasteiger partial charge on any atom is 0.240 e. The Bertz CT molecular complexity index is 1170. The number of nitrogens with one attached hydrogen (secondary N) is 1. The zero-order valence-corrected chi connectivity index (χ0v) is 17.0. The molecule has 0 spiro atoms. The van der Waals surface area contributed by atoms with Crippen molar-refractivity contribution in [2.24, 2.45) is 0 Å². The molecule has 0 aliphatic rings. The Morgan fingerprint density at radius 3 is 2.66 bits per heavy atom. The van der Waals surface area contributed by atoms with Crippen LogP contribution in [0.2, 0.25) is 0 Å². The van der Waals surface area contributed by atoms with Gasteiger partial charge in [0.1, 0.15) is 17.4 Å². The van der Waals surface area contributed by atoms with E-state index < -0.39 is 0 Å². The second-order valence-electron chi connectivity index (χ2n) is 6.44. The first kappa shape index (κ1) is 19.2. The molecule has 0 atom stereocenters. The number of hydrogen-bond donors (Lipinski definition) is 2. The number of aromatic hydroxyl groups is 1. The molecule has 4 rings (SSSR count). The molecule has 0 radical (unpaired) electrons. The minimum absolute atomic E-state index is 0.155. The van der Waals surface area contributed by atoms with E-state index in [9.17, 15) is 9.90 Å². The molecule has 0 aliphatic carbocycles. The minimum atomic E-state index is -0.326. The zero-order chi connectivity index (χ0) is 20.4. The number of aromatic nitrogens is 3. The van der Waals surface area contributed by atoms with Crippen LogP contribution >= 0.6 is 22.9 Å². The van der Waals surface area contributed by atoms with Crippen LogP contribution in [0.25, 0.3) is 27.6 Å². The molecule has 0 bridgehead atoms. The van der Waals surface area contributed by atoms with E-state index >= 15 is 0 Å². The highest BCUT2D eigenvalue weighted by molar-refractivity contribution is 7.12. The molecule has 29 heavy (non-hydrogen) atoms. The van der Waals surface area contributed by atoms with Crippen molar-refractivity contribution in [2.75, 3.05) is 11.2 Å². The van der Waals surface area contributed by atoms with Gasteiger partial charge in [0.15, 0.2) is 0 Å². The van der Waals surface area contributed by atoms with E-state index in [4.69, 9.17) is 11.6 Å². The fourth-order valence-electron chi connectivity index (χ4n) is 2.82. The van der Waals surface area contributed by atoms with Crippen molar-refractivity contribution in [2.45, 2.75) is 6.92 Å². The summed E-state index contributed by atoms with van der Waals surface area (Å²) in [5.41, 5.74) is 4.30. The lowest BCUT2D eigenvalue weighted by Crippen LogP contribution is -2.15. The Hall–Kier alpha value is -3.16. The fourth-order valence-corrected chi connectivity index (χ4v) is 3.68. The maximum absolute atomic E-state index is 11.9. The fraction of sp³-hybridized carbons (Fsp3) is 0.0952. The highest BCUT2D eigenvalue weighted by atomic mass is 35.5. The monoisotopic (exact) mass is 424 g/mol. The molecular formula is C21H17ClN4O2S. The van der Waals surface area contributed by atoms with Crippen molar-refractivity contribution in [1.29, 1.82) is 0 Å². The first-order valence-electron chi connectivity index (χ1n) is 8.82. The average molecular weight is 425 g/mol. The van der Waals surface area contributed by atoms with E-state index in [-0.39, 0.29) is 17.5 Å². The lowest BCUT2D eigenvalue weighted by atomic mass is 10.1. The number of hydrogen-bond acceptors (Lipinski definition) is 5. The Kier molecular flexibility index (Phi) is 5.33. The third-order valence-corrected chi connectivity index (χ3v) is 5.32. The molecule has 146 valence electrons. The Morgan fingerprint density at radius 1 is 1.14 bits per heavy atom. The lowest BCUT2D eigenvalue weighted by molar-refractivity contribution is -0.114. The van der Waals surface area contributed by atoms with E-state index in [0.29, 0.717) is 22.3 Å². The molecular weight excluding hydrogens is 408 g/mol. The first-order valence-corrected chi connectivity index (χ1v) is 10.2. The molecule has 2 N–H and O–H groups in total. The summed E-state index contributed by atoms with van der Waals surface area (Å²) in [7, 11) is 0. The van der Waals surface area contributed by atoms with E-state index in [2.05, 4.69) is 15.4 Å². The number of phenols is 1. The van der Waals surface area contributed by atoms with Gasteiger partial charge in [-0.3, -0.25) is 4.79 Å². The van der Waals surface area contributed by atoms with Gasteiger partial charge < -0.3 is 10.4 Å². The largest absolute Gasteiger partial charge is 0.508 e. The first-order chi connectivity index (χ1) is 14.0. The summed E-state index contributed by atoms with van der Waals surface area (Å²) in [6.45, 7) is 2.02. The van der Waals surface area contributed by atoms with Crippen LogP contribution < -0.4 is 5.32 Å². The van der Waals surface area contributed by atoms with Gasteiger partial charge in [0.05, 0.1) is 11.4 Å². The van der Waals surface area contributed by atoms with Gasteiger partial charge in [0, 0.05) is 22.6 Å². The number of anilines is 1. The van der Waals surface area contributed by atoms with Gasteiger partial charge in [-0.1, -0.05) is 42.0 Å². The van der Waals surface area contributed by atoms with Gasteiger partial charge >= 0.3 is 0 Å². The number of nitrogens with zero attached hydrogens (tertiary/aromatic N) is 3. The molecule has 2 aromatic carbocycles. The maximum atomic E-state index is 11.9. The number of benzene rings is 2. The molecule has 0 unspecified atom stereocenters. The van der Waals surface area contributed by atoms with Crippen LogP contribution in [0.3, 0.4) is 0 Å². The summed E-state index contributed by atoms with van der Waals surface area (Å²) in [6, 6.07) is 16.7. The van der Waals surface area contributed by atoms with Crippen LogP contribution in [0, 0.1) is 6.92 Å². The number of thiazole rings is 1. The van der Waals surface area contributed by atoms with Crippen molar-refractivity contribution in [3.8, 4) is 33.4 Å². The highest BCUT2D eigenvalue weighted by Crippen LogP contribution is 2.30. The van der Waals surface area contributed by atoms with E-state index in [0.717, 1.165) is 16.7 Å². The number of phenolic OH excluding ortho intramolecular Hbond substituents is 1. The van der Waals surface area contributed by atoms with Crippen LogP contribution in [0.5, 0.6) is 5.75 Å². The van der Waals surface area contributed by atoms with Crippen molar-refractivity contribution < 1.29 is 9.90 Å². The smallest absolute Gasteiger partial charge is 0.240 e. The molecule has 4 aromatic rings. The number of rotatable bonds is 5. The van der Waals surface area contributed by atoms with Gasteiger partial charge in [-0.15, -0.1) is 22.9 Å². The van der Waals surface area contributed by atoms with Crippen LogP contribution in [-0.2, 0) is 4.79 Å². The highest BCUT2D eigenvalue weighted by Gasteiger charge is 2.16. The van der Waals surface area contributed by atoms with Gasteiger partial charge in [-0.2, -0.15) is 9.78 Å². The second-order valence-corrected chi connectivity index (χ2v) is 7.54. The van der Waals surface area contributed by atoms with Crippen LogP contribution in [0.15, 0.2) is 60.0 Å². The van der Waals surface area contributed by atoms with Gasteiger partial charge in [-0.05, 0) is 19.1 Å². The Labute approximate surface area is 176 Å². The third-order valence-electron chi connectivity index (χ3n) is 4.26. The third kappa shape index (κ3) is 4.16. The van der Waals surface area contributed by atoms with Crippen molar-refractivity contribution in [1.82, 2.24) is 14.8 Å². The quantitative estimate of drug-likeness (QED) is 0.448. The van der Waals surface area contributed by atoms with Crippen molar-refractivity contribution in [3.05, 3.63) is 65.5 Å². The molecule has 0 aliphatic heterocycles. The predicted molar refractivity (Wildman–Crippen MR) is 116 cm³/mol. The van der Waals surface area contributed by atoms with E-state index in [1.54, 1.807) is 28.9 Å². The zero-order valence-electron chi connectivity index (χ0n) is 15.5. The molecule has 8 heteroatoms. The standard InChI is InChI=1S/C21H17ClN4O2S/c1-13-5-7-14(8-6-13)17-10-19(24-20(28)11-22)26(25-17)21-23-18(12-29-21)15-3-2-4-16(27)9-15/h2-10,12,27H,11H2,1H3,(H,24,28). The van der Waals surface area contributed by atoms with Crippen molar-refractivity contribution >= 4 is 34.7 Å². The summed E-state index contributed by atoms with van der Waals surface area (Å²) < 4.78 is 1.59. The summed E-state index contributed by atoms with van der Waals surface area (Å²) in [4.78, 5) is 16.5. The number of alkyl halides is 1. The number of amides is 1. The second kappa shape index (κ2) is 8.06. The summed E-state index contributed by atoms with van der Waals surface area (Å²) in [5, 5.41) is 19.6. The van der Waals surface area contributed by atoms with Crippen LogP contribution in [0.4, 0.5) is 5.82 Å². The molecule has 2 heterocycles. The predicted octanol–water partition coefficient (Wildman–Crippen LogP) is 4.85. The molecule has 6 nitrogen and oxygen atoms in total. The molecule has 0 fully saturated rings. The summed E-state index contributed by atoms with van der Waals surface area (Å²) in [6.07, 6.45) is 0. The minimum Gasteiger partial charge on any atom is -0.508 e. The summed E-state index contributed by atoms with van der Waals surface area (Å²) >= 11 is 7.05. The Balaban J connectivity index is 1.75. The number of aryl methyl sites for hydroxylation is 1. The molecule has 1 amide bonds. The summed E-state index contributed by atoms with van der Waals surface area (Å²) in [5.74, 6) is 0.182. The van der Waals surface area contributed by atoms with Crippen molar-refractivity contribution in [3.63, 3.8) is 0 Å². The van der Waals surface area contributed by atoms with Gasteiger partial charge in [-0.25, -0.2) is 4.98 Å². The lowest BCUT2D eigenvalue weighted by Gasteiger charge is -2.04. The van der Waals surface area contributed by atoms with Crippen LogP contribution in [0.1, 0.15) is 5.56 Å². The molecule has 2 aromatic heterocycles. The van der Waals surface area contributed by atoms with Gasteiger partial charge in [0.2, 0.25) is 11.0 Å².